The van der Waals surface area contributed by atoms with E-state index >= 15 is 0 Å². The average molecular weight is 323 g/mol. The van der Waals surface area contributed by atoms with Crippen LogP contribution in [0.1, 0.15) is 48.0 Å². The first-order valence-corrected chi connectivity index (χ1v) is 7.81. The Kier molecular flexibility index (Phi) is 5.59. The predicted octanol–water partition coefficient (Wildman–Crippen LogP) is 3.26. The summed E-state index contributed by atoms with van der Waals surface area (Å²) in [5.74, 6) is 5.88. The lowest BCUT2D eigenvalue weighted by Crippen LogP contribution is -2.41. The molecule has 3 N–H and O–H groups in total. The Hall–Kier alpha value is -0.700. The molecule has 0 spiro atoms. The summed E-state index contributed by atoms with van der Waals surface area (Å²) in [6.07, 6.45) is 2.06. The van der Waals surface area contributed by atoms with E-state index in [9.17, 15) is 13.2 Å². The van der Waals surface area contributed by atoms with Crippen LogP contribution >= 0.6 is 11.3 Å². The maximum Gasteiger partial charge on any atom is 0.443 e. The maximum atomic E-state index is 12.7. The highest BCUT2D eigenvalue weighted by molar-refractivity contribution is 7.11. The molecular formula is C13H20F3N3OS. The molecule has 0 amide bonds. The lowest BCUT2D eigenvalue weighted by molar-refractivity contribution is -0.137. The van der Waals surface area contributed by atoms with Crippen LogP contribution in [0, 0.1) is 5.92 Å². The van der Waals surface area contributed by atoms with E-state index in [1.165, 1.54) is 12.6 Å². The number of aromatic nitrogens is 1. The Labute approximate surface area is 125 Å². The third kappa shape index (κ3) is 3.94. The summed E-state index contributed by atoms with van der Waals surface area (Å²) >= 11 is 0.622. The van der Waals surface area contributed by atoms with E-state index in [0.717, 1.165) is 25.7 Å². The topological polar surface area (TPSA) is 60.2 Å². The molecule has 8 heteroatoms. The molecule has 4 nitrogen and oxygen atoms in total. The van der Waals surface area contributed by atoms with Gasteiger partial charge in [-0.1, -0.05) is 19.3 Å². The van der Waals surface area contributed by atoms with Crippen LogP contribution in [0.4, 0.5) is 13.2 Å². The van der Waals surface area contributed by atoms with Crippen LogP contribution in [-0.2, 0) is 10.9 Å². The van der Waals surface area contributed by atoms with Crippen molar-refractivity contribution in [2.45, 2.75) is 50.4 Å². The molecule has 1 fully saturated rings. The molecular weight excluding hydrogens is 303 g/mol. The number of nitrogens with zero attached hydrogens (tertiary/aromatic N) is 1. The minimum Gasteiger partial charge on any atom is -0.379 e. The van der Waals surface area contributed by atoms with Crippen molar-refractivity contribution in [2.24, 2.45) is 11.8 Å². The van der Waals surface area contributed by atoms with E-state index in [-0.39, 0.29) is 6.10 Å². The van der Waals surface area contributed by atoms with Crippen molar-refractivity contribution < 1.29 is 17.9 Å². The standard InChI is InChI=1S/C13H20F3N3OS/c1-20-11(8-5-3-2-4-6-8)10(19-17)9-7-18-12(21-9)13(14,15)16/h7-8,10-11,19H,2-6,17H2,1H3. The highest BCUT2D eigenvalue weighted by Gasteiger charge is 2.37. The Morgan fingerprint density at radius 3 is 2.52 bits per heavy atom. The van der Waals surface area contributed by atoms with E-state index in [1.54, 1.807) is 7.11 Å². The highest BCUT2D eigenvalue weighted by Crippen LogP contribution is 2.38. The Balaban J connectivity index is 2.18. The van der Waals surface area contributed by atoms with E-state index in [4.69, 9.17) is 10.6 Å². The minimum absolute atomic E-state index is 0.239. The summed E-state index contributed by atoms with van der Waals surface area (Å²) in [4.78, 5) is 3.92. The van der Waals surface area contributed by atoms with Gasteiger partial charge in [0.15, 0.2) is 5.01 Å². The molecule has 21 heavy (non-hydrogen) atoms. The number of nitrogens with two attached hydrogens (primary N) is 1. The first kappa shape index (κ1) is 16.7. The van der Waals surface area contributed by atoms with Gasteiger partial charge in [-0.05, 0) is 18.8 Å². The monoisotopic (exact) mass is 323 g/mol. The number of thiazole rings is 1. The molecule has 2 atom stereocenters. The molecule has 1 heterocycles. The van der Waals surface area contributed by atoms with E-state index in [0.29, 0.717) is 22.1 Å². The molecule has 2 rings (SSSR count). The number of hydrogen-bond acceptors (Lipinski definition) is 5. The molecule has 1 aliphatic carbocycles. The van der Waals surface area contributed by atoms with Gasteiger partial charge in [0.2, 0.25) is 0 Å². The Bertz CT molecular complexity index is 446. The van der Waals surface area contributed by atoms with Crippen molar-refractivity contribution >= 4 is 11.3 Å². The average Bonchev–Trinajstić information content (AvgIpc) is 2.95. The third-order valence-electron chi connectivity index (χ3n) is 3.97. The van der Waals surface area contributed by atoms with Gasteiger partial charge in [-0.15, -0.1) is 11.3 Å². The van der Waals surface area contributed by atoms with E-state index in [2.05, 4.69) is 10.4 Å². The molecule has 0 aliphatic heterocycles. The molecule has 1 saturated carbocycles. The van der Waals surface area contributed by atoms with E-state index in [1.807, 2.05) is 0 Å². The van der Waals surface area contributed by atoms with Gasteiger partial charge in [0.1, 0.15) is 0 Å². The van der Waals surface area contributed by atoms with Gasteiger partial charge < -0.3 is 4.74 Å². The molecule has 1 aromatic rings. The first-order chi connectivity index (χ1) is 9.97. The van der Waals surface area contributed by atoms with Gasteiger partial charge in [0.25, 0.3) is 0 Å². The second-order valence-electron chi connectivity index (χ2n) is 5.31. The quantitative estimate of drug-likeness (QED) is 0.645. The second-order valence-corrected chi connectivity index (χ2v) is 6.37. The van der Waals surface area contributed by atoms with Gasteiger partial charge >= 0.3 is 6.18 Å². The zero-order valence-electron chi connectivity index (χ0n) is 11.8. The van der Waals surface area contributed by atoms with Crippen LogP contribution in [0.3, 0.4) is 0 Å². The number of nitrogens with one attached hydrogen (secondary N) is 1. The van der Waals surface area contributed by atoms with Crippen molar-refractivity contribution in [3.8, 4) is 0 Å². The smallest absolute Gasteiger partial charge is 0.379 e. The first-order valence-electron chi connectivity index (χ1n) is 6.99. The number of rotatable bonds is 5. The van der Waals surface area contributed by atoms with Crippen molar-refractivity contribution in [3.05, 3.63) is 16.1 Å². The van der Waals surface area contributed by atoms with Crippen LogP contribution in [0.25, 0.3) is 0 Å². The largest absolute Gasteiger partial charge is 0.443 e. The molecule has 120 valence electrons. The molecule has 0 radical (unpaired) electrons. The molecule has 1 aromatic heterocycles. The lowest BCUT2D eigenvalue weighted by atomic mass is 9.82. The molecule has 0 aromatic carbocycles. The summed E-state index contributed by atoms with van der Waals surface area (Å²) in [6.45, 7) is 0. The van der Waals surface area contributed by atoms with Crippen molar-refractivity contribution in [2.75, 3.05) is 7.11 Å². The van der Waals surface area contributed by atoms with Crippen LogP contribution in [0.2, 0.25) is 0 Å². The summed E-state index contributed by atoms with van der Waals surface area (Å²) in [6, 6.07) is -0.466. The van der Waals surface area contributed by atoms with Gasteiger partial charge in [0.05, 0.1) is 12.1 Å². The summed E-state index contributed by atoms with van der Waals surface area (Å²) in [7, 11) is 1.58. The number of methoxy groups -OCH3 is 1. The normalized spacial score (nSPS) is 20.4. The SMILES string of the molecule is COC(C1CCCCC1)C(NN)c1cnc(C(F)(F)F)s1. The maximum absolute atomic E-state index is 12.7. The summed E-state index contributed by atoms with van der Waals surface area (Å²) < 4.78 is 43.6. The molecule has 0 bridgehead atoms. The fourth-order valence-electron chi connectivity index (χ4n) is 2.96. The molecule has 2 unspecified atom stereocenters. The highest BCUT2D eigenvalue weighted by atomic mass is 32.1. The van der Waals surface area contributed by atoms with Crippen LogP contribution in [0.5, 0.6) is 0 Å². The fraction of sp³-hybridized carbons (Fsp3) is 0.769. The predicted molar refractivity (Wildman–Crippen MR) is 74.6 cm³/mol. The van der Waals surface area contributed by atoms with Gasteiger partial charge in [-0.3, -0.25) is 5.84 Å². The van der Waals surface area contributed by atoms with Crippen molar-refractivity contribution in [3.63, 3.8) is 0 Å². The fourth-order valence-corrected chi connectivity index (χ4v) is 3.84. The number of hydrazine groups is 1. The van der Waals surface area contributed by atoms with Crippen molar-refractivity contribution in [1.82, 2.24) is 10.4 Å². The number of hydrogen-bond donors (Lipinski definition) is 2. The van der Waals surface area contributed by atoms with Crippen LogP contribution in [-0.4, -0.2) is 18.2 Å². The second kappa shape index (κ2) is 7.04. The Morgan fingerprint density at radius 1 is 1.38 bits per heavy atom. The molecule has 1 aliphatic rings. The zero-order valence-corrected chi connectivity index (χ0v) is 12.6. The van der Waals surface area contributed by atoms with Crippen molar-refractivity contribution in [1.29, 1.82) is 0 Å². The molecule has 0 saturated heterocycles. The third-order valence-corrected chi connectivity index (χ3v) is 5.09. The number of ether oxygens (including phenoxy) is 1. The van der Waals surface area contributed by atoms with E-state index < -0.39 is 17.2 Å². The van der Waals surface area contributed by atoms with Gasteiger partial charge in [-0.2, -0.15) is 13.2 Å². The summed E-state index contributed by atoms with van der Waals surface area (Å²) in [5, 5.41) is -0.851. The van der Waals surface area contributed by atoms with Crippen LogP contribution in [0.15, 0.2) is 6.20 Å². The number of alkyl halides is 3. The summed E-state index contributed by atoms with van der Waals surface area (Å²) in [5.41, 5.74) is 2.61. The van der Waals surface area contributed by atoms with Gasteiger partial charge in [-0.25, -0.2) is 10.4 Å². The minimum atomic E-state index is -4.42. The zero-order chi connectivity index (χ0) is 15.5. The Morgan fingerprint density at radius 2 is 2.05 bits per heavy atom. The lowest BCUT2D eigenvalue weighted by Gasteiger charge is -2.34. The van der Waals surface area contributed by atoms with Gasteiger partial charge in [0, 0.05) is 18.2 Å². The number of halogens is 3. The van der Waals surface area contributed by atoms with Crippen LogP contribution < -0.4 is 11.3 Å².